The molecule has 3 N–H and O–H groups in total. The summed E-state index contributed by atoms with van der Waals surface area (Å²) in [6.45, 7) is 5.85. The fraction of sp³-hybridized carbons (Fsp3) is 0.407. The van der Waals surface area contributed by atoms with Crippen molar-refractivity contribution in [2.24, 2.45) is 0 Å². The first-order valence-electron chi connectivity index (χ1n) is 12.1. The van der Waals surface area contributed by atoms with Crippen molar-refractivity contribution < 1.29 is 23.5 Å². The number of ether oxygens (including phenoxy) is 2. The molecule has 1 atom stereocenters. The molecule has 0 aliphatic carbocycles. The van der Waals surface area contributed by atoms with Gasteiger partial charge in [-0.15, -0.1) is 0 Å². The summed E-state index contributed by atoms with van der Waals surface area (Å²) >= 11 is 0. The van der Waals surface area contributed by atoms with Crippen molar-refractivity contribution in [3.63, 3.8) is 0 Å². The highest BCUT2D eigenvalue weighted by molar-refractivity contribution is 5.90. The number of aromatic nitrogens is 1. The Morgan fingerprint density at radius 2 is 1.81 bits per heavy atom. The lowest BCUT2D eigenvalue weighted by atomic mass is 9.88. The third-order valence-corrected chi connectivity index (χ3v) is 6.13. The van der Waals surface area contributed by atoms with Gasteiger partial charge in [-0.1, -0.05) is 30.3 Å². The van der Waals surface area contributed by atoms with Gasteiger partial charge in [-0.3, -0.25) is 9.78 Å². The fourth-order valence-corrected chi connectivity index (χ4v) is 4.25. The van der Waals surface area contributed by atoms with Crippen LogP contribution in [0.4, 0.5) is 4.79 Å². The topological polar surface area (TPSA) is 146 Å². The van der Waals surface area contributed by atoms with Crippen molar-refractivity contribution in [2.45, 2.75) is 57.2 Å². The molecule has 194 valence electrons. The molecule has 1 unspecified atom stereocenters. The highest BCUT2D eigenvalue weighted by Gasteiger charge is 2.43. The number of aromatic amines is 1. The fourth-order valence-electron chi connectivity index (χ4n) is 4.25. The van der Waals surface area contributed by atoms with Gasteiger partial charge in [0.05, 0.1) is 11.6 Å². The van der Waals surface area contributed by atoms with Gasteiger partial charge in [0.25, 0.3) is 0 Å². The molecule has 1 aliphatic rings. The number of fused-ring (bicyclic) bond motifs is 1. The molecule has 0 radical (unpaired) electrons. The second kappa shape index (κ2) is 10.5. The van der Waals surface area contributed by atoms with Crippen LogP contribution in [0.2, 0.25) is 0 Å². The van der Waals surface area contributed by atoms with Crippen LogP contribution in [0.15, 0.2) is 51.7 Å². The van der Waals surface area contributed by atoms with Gasteiger partial charge >= 0.3 is 11.8 Å². The number of alkyl carbamates (subject to hydrolysis) is 1. The molecule has 1 fully saturated rings. The van der Waals surface area contributed by atoms with Gasteiger partial charge in [0, 0.05) is 32.5 Å². The molecule has 2 aromatic carbocycles. The summed E-state index contributed by atoms with van der Waals surface area (Å²) in [4.78, 5) is 39.8. The Morgan fingerprint density at radius 1 is 1.14 bits per heavy atom. The number of carbonyl (C=O) groups excluding carboxylic acids is 2. The summed E-state index contributed by atoms with van der Waals surface area (Å²) in [5, 5.41) is 15.3. The summed E-state index contributed by atoms with van der Waals surface area (Å²) in [6, 6.07) is 14.4. The lowest BCUT2D eigenvalue weighted by molar-refractivity contribution is -0.132. The van der Waals surface area contributed by atoms with E-state index < -0.39 is 34.9 Å². The second-order valence-electron chi connectivity index (χ2n) is 10.1. The van der Waals surface area contributed by atoms with Gasteiger partial charge in [0.2, 0.25) is 5.91 Å². The van der Waals surface area contributed by atoms with Gasteiger partial charge in [-0.2, -0.15) is 5.26 Å². The van der Waals surface area contributed by atoms with Crippen LogP contribution >= 0.6 is 0 Å². The Labute approximate surface area is 213 Å². The van der Waals surface area contributed by atoms with E-state index in [1.807, 2.05) is 36.4 Å². The molecular formula is C27H30N4O6. The second-order valence-corrected chi connectivity index (χ2v) is 10.1. The van der Waals surface area contributed by atoms with Crippen LogP contribution < -0.4 is 16.4 Å². The van der Waals surface area contributed by atoms with E-state index in [1.165, 1.54) is 0 Å². The molecule has 1 saturated heterocycles. The zero-order chi connectivity index (χ0) is 26.6. The number of H-pyrrole nitrogens is 1. The molecule has 0 spiro atoms. The zero-order valence-electron chi connectivity index (χ0n) is 21.1. The van der Waals surface area contributed by atoms with Crippen molar-refractivity contribution >= 4 is 23.1 Å². The molecule has 2 heterocycles. The SMILES string of the molecule is CC(C)(C)OC(=O)NC1(C(=O)NC(C#N)Cc2ccc(-c3ccc4oc(=O)[nH]c4c3)cc2)CCOCC1. The average Bonchev–Trinajstić information content (AvgIpc) is 3.22. The van der Waals surface area contributed by atoms with Crippen molar-refractivity contribution in [3.05, 3.63) is 58.6 Å². The van der Waals surface area contributed by atoms with Crippen LogP contribution in [-0.4, -0.2) is 47.4 Å². The monoisotopic (exact) mass is 506 g/mol. The van der Waals surface area contributed by atoms with Gasteiger partial charge in [0.15, 0.2) is 5.58 Å². The van der Waals surface area contributed by atoms with Gasteiger partial charge < -0.3 is 24.5 Å². The van der Waals surface area contributed by atoms with Crippen LogP contribution in [0.1, 0.15) is 39.2 Å². The third kappa shape index (κ3) is 6.37. The number of rotatable bonds is 6. The number of benzene rings is 2. The minimum absolute atomic E-state index is 0.275. The van der Waals surface area contributed by atoms with Crippen LogP contribution in [-0.2, 0) is 20.7 Å². The summed E-state index contributed by atoms with van der Waals surface area (Å²) in [5.74, 6) is -0.942. The van der Waals surface area contributed by atoms with Crippen molar-refractivity contribution in [1.29, 1.82) is 5.26 Å². The van der Waals surface area contributed by atoms with Crippen molar-refractivity contribution in [2.75, 3.05) is 13.2 Å². The minimum Gasteiger partial charge on any atom is -0.444 e. The molecule has 1 aliphatic heterocycles. The highest BCUT2D eigenvalue weighted by Crippen LogP contribution is 2.25. The summed E-state index contributed by atoms with van der Waals surface area (Å²) < 4.78 is 15.8. The lowest BCUT2D eigenvalue weighted by Gasteiger charge is -2.37. The highest BCUT2D eigenvalue weighted by atomic mass is 16.6. The Kier molecular flexibility index (Phi) is 7.36. The van der Waals surface area contributed by atoms with Gasteiger partial charge in [-0.05, 0) is 49.6 Å². The van der Waals surface area contributed by atoms with E-state index in [4.69, 9.17) is 13.9 Å². The smallest absolute Gasteiger partial charge is 0.417 e. The van der Waals surface area contributed by atoms with Gasteiger partial charge in [-0.25, -0.2) is 9.59 Å². The Bertz CT molecular complexity index is 1370. The van der Waals surface area contributed by atoms with E-state index in [0.29, 0.717) is 24.3 Å². The Balaban J connectivity index is 1.44. The molecule has 10 nitrogen and oxygen atoms in total. The molecule has 4 rings (SSSR count). The first-order chi connectivity index (χ1) is 17.6. The van der Waals surface area contributed by atoms with E-state index in [9.17, 15) is 19.6 Å². The van der Waals surface area contributed by atoms with E-state index in [2.05, 4.69) is 21.7 Å². The first kappa shape index (κ1) is 26.0. The molecular weight excluding hydrogens is 476 g/mol. The molecule has 3 aromatic rings. The maximum Gasteiger partial charge on any atom is 0.417 e. The van der Waals surface area contributed by atoms with Gasteiger partial charge in [0.1, 0.15) is 17.2 Å². The number of hydrogen-bond donors (Lipinski definition) is 3. The molecule has 0 bridgehead atoms. The lowest BCUT2D eigenvalue weighted by Crippen LogP contribution is -2.63. The number of hydrogen-bond acceptors (Lipinski definition) is 7. The predicted octanol–water partition coefficient (Wildman–Crippen LogP) is 3.41. The molecule has 2 amide bonds. The summed E-state index contributed by atoms with van der Waals surface area (Å²) in [7, 11) is 0. The first-order valence-corrected chi connectivity index (χ1v) is 12.1. The van der Waals surface area contributed by atoms with E-state index in [1.54, 1.807) is 26.8 Å². The van der Waals surface area contributed by atoms with Crippen molar-refractivity contribution in [1.82, 2.24) is 15.6 Å². The van der Waals surface area contributed by atoms with Crippen LogP contribution in [0.5, 0.6) is 0 Å². The molecule has 0 saturated carbocycles. The molecule has 1 aromatic heterocycles. The molecule has 10 heteroatoms. The normalized spacial score (nSPS) is 15.9. The zero-order valence-corrected chi connectivity index (χ0v) is 21.1. The Morgan fingerprint density at radius 3 is 2.46 bits per heavy atom. The van der Waals surface area contributed by atoms with Crippen LogP contribution in [0.3, 0.4) is 0 Å². The maximum atomic E-state index is 13.3. The van der Waals surface area contributed by atoms with E-state index >= 15 is 0 Å². The average molecular weight is 507 g/mol. The predicted molar refractivity (Wildman–Crippen MR) is 136 cm³/mol. The Hall–Kier alpha value is -4.10. The molecule has 37 heavy (non-hydrogen) atoms. The number of amides is 2. The van der Waals surface area contributed by atoms with Crippen molar-refractivity contribution in [3.8, 4) is 17.2 Å². The largest absolute Gasteiger partial charge is 0.444 e. The third-order valence-electron chi connectivity index (χ3n) is 6.13. The standard InChI is InChI=1S/C27H30N4O6/c1-26(2,3)37-25(34)31-27(10-12-35-13-11-27)23(32)29-20(16-28)14-17-4-6-18(7-5-17)19-8-9-22-21(15-19)30-24(33)36-22/h4-9,15,20H,10-14H2,1-3H3,(H,29,32)(H,30,33)(H,31,34). The summed E-state index contributed by atoms with van der Waals surface area (Å²) in [6.07, 6.45) is 0.149. The van der Waals surface area contributed by atoms with E-state index in [-0.39, 0.29) is 19.3 Å². The van der Waals surface area contributed by atoms with Crippen LogP contribution in [0, 0.1) is 11.3 Å². The quantitative estimate of drug-likeness (QED) is 0.464. The van der Waals surface area contributed by atoms with Crippen LogP contribution in [0.25, 0.3) is 22.2 Å². The number of carbonyl (C=O) groups is 2. The number of oxazole rings is 1. The summed E-state index contributed by atoms with van der Waals surface area (Å²) in [5.41, 5.74) is 1.85. The minimum atomic E-state index is -1.22. The number of nitriles is 1. The number of nitrogens with zero attached hydrogens (tertiary/aromatic N) is 1. The maximum absolute atomic E-state index is 13.3. The van der Waals surface area contributed by atoms with E-state index in [0.717, 1.165) is 16.7 Å². The number of nitrogens with one attached hydrogen (secondary N) is 3.